The van der Waals surface area contributed by atoms with E-state index in [0.29, 0.717) is 33.0 Å². The number of anilines is 1. The van der Waals surface area contributed by atoms with Crippen molar-refractivity contribution in [2.45, 2.75) is 0 Å². The Labute approximate surface area is 101 Å². The summed E-state index contributed by atoms with van der Waals surface area (Å²) in [5.74, 6) is 0. The zero-order valence-corrected chi connectivity index (χ0v) is 9.79. The van der Waals surface area contributed by atoms with E-state index in [1.807, 2.05) is 0 Å². The van der Waals surface area contributed by atoms with Gasteiger partial charge in [-0.3, -0.25) is 9.41 Å². The van der Waals surface area contributed by atoms with Gasteiger partial charge in [-0.2, -0.15) is 0 Å². The molecule has 1 aliphatic heterocycles. The van der Waals surface area contributed by atoms with Gasteiger partial charge in [0, 0.05) is 18.0 Å². The summed E-state index contributed by atoms with van der Waals surface area (Å²) in [6.07, 6.45) is 1.68. The lowest BCUT2D eigenvalue weighted by atomic mass is 10.2. The van der Waals surface area contributed by atoms with Gasteiger partial charge in [0.15, 0.2) is 0 Å². The van der Waals surface area contributed by atoms with Gasteiger partial charge in [-0.25, -0.2) is 0 Å². The molecule has 0 saturated carbocycles. The van der Waals surface area contributed by atoms with Gasteiger partial charge in [0.1, 0.15) is 0 Å². The van der Waals surface area contributed by atoms with E-state index in [1.165, 1.54) is 4.42 Å². The predicted molar refractivity (Wildman–Crippen MR) is 62.8 cm³/mol. The average molecular weight is 270 g/mol. The topological polar surface area (TPSA) is 15.6 Å². The molecule has 2 rings (SSSR count). The van der Waals surface area contributed by atoms with Gasteiger partial charge in [-0.1, -0.05) is 34.8 Å². The molecule has 0 fully saturated rings. The Bertz CT molecular complexity index is 416. The minimum atomic E-state index is 0.301. The molecule has 0 radical (unpaired) electrons. The Kier molecular flexibility index (Phi) is 2.80. The van der Waals surface area contributed by atoms with Gasteiger partial charge in [0.25, 0.3) is 0 Å². The first kappa shape index (κ1) is 10.4. The summed E-state index contributed by atoms with van der Waals surface area (Å²) >= 11 is 23.7. The lowest BCUT2D eigenvalue weighted by Crippen LogP contribution is -2.16. The summed E-state index contributed by atoms with van der Waals surface area (Å²) in [4.78, 5) is 4.13. The van der Waals surface area contributed by atoms with Crippen LogP contribution in [0.25, 0.3) is 0 Å². The molecular formula is C8H4Cl4N2. The average Bonchev–Trinajstić information content (AvgIpc) is 2.14. The van der Waals surface area contributed by atoms with Crippen molar-refractivity contribution < 1.29 is 0 Å². The molecule has 74 valence electrons. The zero-order valence-electron chi connectivity index (χ0n) is 6.77. The van der Waals surface area contributed by atoms with Gasteiger partial charge >= 0.3 is 0 Å². The fourth-order valence-corrected chi connectivity index (χ4v) is 2.17. The van der Waals surface area contributed by atoms with E-state index in [-0.39, 0.29) is 0 Å². The Hall–Kier alpha value is -0.150. The van der Waals surface area contributed by atoms with Crippen LogP contribution in [0.1, 0.15) is 0 Å². The van der Waals surface area contributed by atoms with E-state index in [4.69, 9.17) is 46.6 Å². The summed E-state index contributed by atoms with van der Waals surface area (Å²) in [6, 6.07) is 1.64. The minimum absolute atomic E-state index is 0.301. The van der Waals surface area contributed by atoms with Crippen LogP contribution < -0.4 is 4.42 Å². The predicted octanol–water partition coefficient (Wildman–Crippen LogP) is 4.32. The second-order valence-corrected chi connectivity index (χ2v) is 4.28. The van der Waals surface area contributed by atoms with Crippen molar-refractivity contribution in [3.05, 3.63) is 21.1 Å². The van der Waals surface area contributed by atoms with Gasteiger partial charge in [-0.05, 0) is 6.07 Å². The summed E-state index contributed by atoms with van der Waals surface area (Å²) in [7, 11) is 0. The molecule has 1 heterocycles. The highest BCUT2D eigenvalue weighted by Crippen LogP contribution is 2.46. The third-order valence-electron chi connectivity index (χ3n) is 1.83. The second-order valence-electron chi connectivity index (χ2n) is 2.71. The quantitative estimate of drug-likeness (QED) is 0.506. The highest BCUT2D eigenvalue weighted by molar-refractivity contribution is 6.50. The number of rotatable bonds is 0. The Morgan fingerprint density at radius 1 is 1.21 bits per heavy atom. The summed E-state index contributed by atoms with van der Waals surface area (Å²) < 4.78 is 1.45. The van der Waals surface area contributed by atoms with Crippen molar-refractivity contribution in [2.75, 3.05) is 11.0 Å². The van der Waals surface area contributed by atoms with Gasteiger partial charge in [0.2, 0.25) is 0 Å². The number of hydrogen-bond acceptors (Lipinski definition) is 2. The number of benzene rings is 1. The molecule has 0 saturated heterocycles. The molecule has 1 aromatic carbocycles. The largest absolute Gasteiger partial charge is 0.276 e. The van der Waals surface area contributed by atoms with Crippen LogP contribution in [0.15, 0.2) is 11.1 Å². The van der Waals surface area contributed by atoms with Crippen molar-refractivity contribution in [2.24, 2.45) is 4.99 Å². The molecule has 0 bridgehead atoms. The third kappa shape index (κ3) is 1.57. The lowest BCUT2D eigenvalue weighted by molar-refractivity contribution is 1.21. The van der Waals surface area contributed by atoms with E-state index < -0.39 is 0 Å². The van der Waals surface area contributed by atoms with Crippen LogP contribution in [0.3, 0.4) is 0 Å². The molecule has 0 N–H and O–H groups in total. The highest BCUT2D eigenvalue weighted by atomic mass is 35.5. The monoisotopic (exact) mass is 268 g/mol. The van der Waals surface area contributed by atoms with Crippen molar-refractivity contribution in [1.82, 2.24) is 0 Å². The molecule has 0 aliphatic carbocycles. The lowest BCUT2D eigenvalue weighted by Gasteiger charge is -2.21. The molecular weight excluding hydrogens is 266 g/mol. The molecule has 14 heavy (non-hydrogen) atoms. The van der Waals surface area contributed by atoms with E-state index in [1.54, 1.807) is 12.3 Å². The van der Waals surface area contributed by atoms with Crippen LogP contribution in [0, 0.1) is 0 Å². The van der Waals surface area contributed by atoms with Crippen molar-refractivity contribution in [1.29, 1.82) is 0 Å². The Balaban J connectivity index is 2.72. The van der Waals surface area contributed by atoms with E-state index in [2.05, 4.69) is 4.99 Å². The van der Waals surface area contributed by atoms with Crippen molar-refractivity contribution in [3.63, 3.8) is 0 Å². The van der Waals surface area contributed by atoms with Crippen LogP contribution in [-0.2, 0) is 0 Å². The molecule has 1 aromatic rings. The maximum absolute atomic E-state index is 5.99. The Morgan fingerprint density at radius 3 is 2.64 bits per heavy atom. The zero-order chi connectivity index (χ0) is 10.3. The number of nitrogens with zero attached hydrogens (tertiary/aromatic N) is 2. The van der Waals surface area contributed by atoms with Crippen LogP contribution >= 0.6 is 46.6 Å². The first-order valence-corrected chi connectivity index (χ1v) is 5.22. The maximum atomic E-state index is 5.99. The summed E-state index contributed by atoms with van der Waals surface area (Å²) in [5, 5.41) is 1.01. The number of aliphatic imine (C=N–C) groups is 1. The van der Waals surface area contributed by atoms with E-state index >= 15 is 0 Å². The van der Waals surface area contributed by atoms with Crippen LogP contribution in [0.2, 0.25) is 15.1 Å². The van der Waals surface area contributed by atoms with Gasteiger partial charge in [0.05, 0.1) is 33.0 Å². The SMILES string of the molecule is Clc1cc2c(c(Cl)c1Cl)N(Cl)CC=N2. The highest BCUT2D eigenvalue weighted by Gasteiger charge is 2.20. The molecule has 6 heteroatoms. The van der Waals surface area contributed by atoms with Gasteiger partial charge < -0.3 is 0 Å². The van der Waals surface area contributed by atoms with Crippen molar-refractivity contribution in [3.8, 4) is 0 Å². The van der Waals surface area contributed by atoms with E-state index in [0.717, 1.165) is 0 Å². The molecule has 0 aromatic heterocycles. The number of fused-ring (bicyclic) bond motifs is 1. The van der Waals surface area contributed by atoms with Crippen LogP contribution in [0.5, 0.6) is 0 Å². The summed E-state index contributed by atoms with van der Waals surface area (Å²) in [6.45, 7) is 0.492. The third-order valence-corrected chi connectivity index (χ3v) is 3.39. The second kappa shape index (κ2) is 3.78. The number of hydrogen-bond donors (Lipinski definition) is 0. The molecule has 0 spiro atoms. The molecule has 0 atom stereocenters. The molecule has 2 nitrogen and oxygen atoms in total. The van der Waals surface area contributed by atoms with Crippen LogP contribution in [0.4, 0.5) is 11.4 Å². The maximum Gasteiger partial charge on any atom is 0.0986 e. The normalized spacial score (nSPS) is 14.4. The fraction of sp³-hybridized carbons (Fsp3) is 0.125. The van der Waals surface area contributed by atoms with Crippen molar-refractivity contribution >= 4 is 64.2 Å². The molecule has 1 aliphatic rings. The first-order valence-electron chi connectivity index (χ1n) is 3.74. The smallest absolute Gasteiger partial charge is 0.0986 e. The summed E-state index contributed by atoms with van der Waals surface area (Å²) in [5.41, 5.74) is 1.23. The molecule has 0 unspecified atom stereocenters. The number of halogens is 4. The fourth-order valence-electron chi connectivity index (χ4n) is 1.20. The molecule has 0 amide bonds. The standard InChI is InChI=1S/C8H4Cl4N2/c9-4-3-5-8(7(11)6(4)10)14(12)2-1-13-5/h1,3H,2H2. The Morgan fingerprint density at radius 2 is 1.93 bits per heavy atom. The first-order chi connectivity index (χ1) is 6.61. The minimum Gasteiger partial charge on any atom is -0.276 e. The van der Waals surface area contributed by atoms with E-state index in [9.17, 15) is 0 Å². The van der Waals surface area contributed by atoms with Gasteiger partial charge in [-0.15, -0.1) is 0 Å². The van der Waals surface area contributed by atoms with Crippen LogP contribution in [-0.4, -0.2) is 12.8 Å².